The average molecular weight is 260 g/mol. The highest BCUT2D eigenvalue weighted by Crippen LogP contribution is 2.25. The normalized spacial score (nSPS) is 15.7. The number of nitriles is 1. The number of benzene rings is 1. The summed E-state index contributed by atoms with van der Waals surface area (Å²) in [6.45, 7) is 3.25. The van der Waals surface area contributed by atoms with Gasteiger partial charge in [-0.2, -0.15) is 5.26 Å². The van der Waals surface area contributed by atoms with Crippen LogP contribution in [0.25, 0.3) is 10.4 Å². The van der Waals surface area contributed by atoms with Gasteiger partial charge in [-0.15, -0.1) is 0 Å². The molecule has 0 aromatic heterocycles. The van der Waals surface area contributed by atoms with E-state index < -0.39 is 5.82 Å². The first-order chi connectivity index (χ1) is 9.24. The monoisotopic (exact) mass is 260 g/mol. The number of hydrogen-bond acceptors (Lipinski definition) is 4. The van der Waals surface area contributed by atoms with Gasteiger partial charge in [-0.3, -0.25) is 4.90 Å². The minimum atomic E-state index is -0.390. The molecule has 1 heterocycles. The number of hydrogen-bond donors (Lipinski definition) is 0. The third kappa shape index (κ3) is 3.13. The molecule has 98 valence electrons. The lowest BCUT2D eigenvalue weighted by molar-refractivity contribution is 0.286. The molecule has 1 aromatic rings. The van der Waals surface area contributed by atoms with Gasteiger partial charge in [-0.05, 0) is 17.7 Å². The SMILES string of the molecule is N#CCN1CCN(c2ccc(N=[N+]=[N-])cc2F)CC1. The molecule has 6 nitrogen and oxygen atoms in total. The number of anilines is 1. The van der Waals surface area contributed by atoms with Gasteiger partial charge in [0.15, 0.2) is 0 Å². The van der Waals surface area contributed by atoms with Gasteiger partial charge in [0.05, 0.1) is 18.3 Å². The highest BCUT2D eigenvalue weighted by molar-refractivity contribution is 5.54. The van der Waals surface area contributed by atoms with Crippen LogP contribution in [0.15, 0.2) is 23.3 Å². The summed E-state index contributed by atoms with van der Waals surface area (Å²) >= 11 is 0. The van der Waals surface area contributed by atoms with Gasteiger partial charge in [0.25, 0.3) is 0 Å². The molecule has 0 saturated carbocycles. The molecule has 1 fully saturated rings. The molecular formula is C12H13FN6. The van der Waals surface area contributed by atoms with Gasteiger partial charge in [0.2, 0.25) is 0 Å². The lowest BCUT2D eigenvalue weighted by Crippen LogP contribution is -2.46. The van der Waals surface area contributed by atoms with E-state index in [1.54, 1.807) is 12.1 Å². The van der Waals surface area contributed by atoms with Gasteiger partial charge in [0.1, 0.15) is 5.82 Å². The van der Waals surface area contributed by atoms with Crippen molar-refractivity contribution in [1.29, 1.82) is 5.26 Å². The summed E-state index contributed by atoms with van der Waals surface area (Å²) in [5.41, 5.74) is 9.08. The Kier molecular flexibility index (Phi) is 4.18. The van der Waals surface area contributed by atoms with E-state index in [4.69, 9.17) is 10.8 Å². The minimum Gasteiger partial charge on any atom is -0.367 e. The average Bonchev–Trinajstić information content (AvgIpc) is 2.41. The minimum absolute atomic E-state index is 0.270. The van der Waals surface area contributed by atoms with Crippen LogP contribution in [0, 0.1) is 17.1 Å². The van der Waals surface area contributed by atoms with Crippen LogP contribution < -0.4 is 4.90 Å². The van der Waals surface area contributed by atoms with Crippen molar-refractivity contribution >= 4 is 11.4 Å². The van der Waals surface area contributed by atoms with Crippen LogP contribution in [0.3, 0.4) is 0 Å². The van der Waals surface area contributed by atoms with E-state index in [0.717, 1.165) is 13.1 Å². The van der Waals surface area contributed by atoms with Crippen LogP contribution in [-0.4, -0.2) is 37.6 Å². The number of rotatable bonds is 3. The standard InChI is InChI=1S/C12H13FN6/c13-11-9-10(16-17-15)1-2-12(11)19-7-5-18(4-3-14)6-8-19/h1-2,9H,4-8H2. The second-order valence-electron chi connectivity index (χ2n) is 4.25. The second kappa shape index (κ2) is 6.05. The predicted molar refractivity (Wildman–Crippen MR) is 69.5 cm³/mol. The summed E-state index contributed by atoms with van der Waals surface area (Å²) in [5.74, 6) is -0.390. The van der Waals surface area contributed by atoms with Crippen LogP contribution >= 0.6 is 0 Å². The largest absolute Gasteiger partial charge is 0.367 e. The molecule has 0 amide bonds. The Hall–Kier alpha value is -2.29. The van der Waals surface area contributed by atoms with Crippen LogP contribution in [0.4, 0.5) is 15.8 Å². The Morgan fingerprint density at radius 1 is 1.37 bits per heavy atom. The summed E-state index contributed by atoms with van der Waals surface area (Å²) in [7, 11) is 0. The molecule has 1 aliphatic rings. The molecule has 0 radical (unpaired) electrons. The van der Waals surface area contributed by atoms with E-state index in [-0.39, 0.29) is 5.69 Å². The van der Waals surface area contributed by atoms with Crippen LogP contribution in [0.5, 0.6) is 0 Å². The Labute approximate surface area is 110 Å². The molecular weight excluding hydrogens is 247 g/mol. The number of halogens is 1. The Morgan fingerprint density at radius 2 is 2.11 bits per heavy atom. The van der Waals surface area contributed by atoms with E-state index in [0.29, 0.717) is 25.3 Å². The van der Waals surface area contributed by atoms with Crippen molar-refractivity contribution in [1.82, 2.24) is 4.90 Å². The predicted octanol–water partition coefficient (Wildman–Crippen LogP) is 2.41. The third-order valence-electron chi connectivity index (χ3n) is 3.10. The van der Waals surface area contributed by atoms with Crippen molar-refractivity contribution in [2.75, 3.05) is 37.6 Å². The summed E-state index contributed by atoms with van der Waals surface area (Å²) in [4.78, 5) is 6.59. The molecule has 1 aliphatic heterocycles. The van der Waals surface area contributed by atoms with Crippen molar-refractivity contribution in [3.63, 3.8) is 0 Å². The molecule has 0 aliphatic carbocycles. The summed E-state index contributed by atoms with van der Waals surface area (Å²) < 4.78 is 13.9. The smallest absolute Gasteiger partial charge is 0.146 e. The van der Waals surface area contributed by atoms with Gasteiger partial charge < -0.3 is 4.90 Å². The molecule has 0 bridgehead atoms. The Morgan fingerprint density at radius 3 is 2.68 bits per heavy atom. The van der Waals surface area contributed by atoms with Gasteiger partial charge in [0, 0.05) is 36.8 Å². The molecule has 7 heteroatoms. The van der Waals surface area contributed by atoms with Crippen LogP contribution in [0.2, 0.25) is 0 Å². The van der Waals surface area contributed by atoms with E-state index in [9.17, 15) is 4.39 Å². The second-order valence-corrected chi connectivity index (χ2v) is 4.25. The summed E-state index contributed by atoms with van der Waals surface area (Å²) in [6.07, 6.45) is 0. The Bertz CT molecular complexity index is 538. The van der Waals surface area contributed by atoms with Crippen molar-refractivity contribution in [2.24, 2.45) is 5.11 Å². The zero-order chi connectivity index (χ0) is 13.7. The van der Waals surface area contributed by atoms with Crippen molar-refractivity contribution < 1.29 is 4.39 Å². The molecule has 19 heavy (non-hydrogen) atoms. The molecule has 0 unspecified atom stereocenters. The molecule has 1 saturated heterocycles. The van der Waals surface area contributed by atoms with Gasteiger partial charge in [-0.25, -0.2) is 4.39 Å². The fourth-order valence-electron chi connectivity index (χ4n) is 2.11. The highest BCUT2D eigenvalue weighted by Gasteiger charge is 2.19. The lowest BCUT2D eigenvalue weighted by atomic mass is 10.2. The third-order valence-corrected chi connectivity index (χ3v) is 3.10. The van der Waals surface area contributed by atoms with Gasteiger partial charge in [-0.1, -0.05) is 11.2 Å². The first-order valence-electron chi connectivity index (χ1n) is 5.93. The van der Waals surface area contributed by atoms with Crippen molar-refractivity contribution in [2.45, 2.75) is 0 Å². The molecule has 0 N–H and O–H groups in total. The maximum Gasteiger partial charge on any atom is 0.146 e. The first kappa shape index (κ1) is 13.1. The van der Waals surface area contributed by atoms with E-state index in [1.807, 2.05) is 9.80 Å². The van der Waals surface area contributed by atoms with E-state index >= 15 is 0 Å². The molecule has 2 rings (SSSR count). The fraction of sp³-hybridized carbons (Fsp3) is 0.417. The maximum absolute atomic E-state index is 13.9. The summed E-state index contributed by atoms with van der Waals surface area (Å²) in [5, 5.41) is 12.0. The maximum atomic E-state index is 13.9. The first-order valence-corrected chi connectivity index (χ1v) is 5.93. The lowest BCUT2D eigenvalue weighted by Gasteiger charge is -2.35. The van der Waals surface area contributed by atoms with Gasteiger partial charge >= 0.3 is 0 Å². The van der Waals surface area contributed by atoms with Crippen molar-refractivity contribution in [3.05, 3.63) is 34.5 Å². The number of piperazine rings is 1. The summed E-state index contributed by atoms with van der Waals surface area (Å²) in [6, 6.07) is 6.57. The van der Waals surface area contributed by atoms with Crippen LogP contribution in [-0.2, 0) is 0 Å². The van der Waals surface area contributed by atoms with Crippen LogP contribution in [0.1, 0.15) is 0 Å². The zero-order valence-electron chi connectivity index (χ0n) is 10.3. The zero-order valence-corrected chi connectivity index (χ0v) is 10.3. The molecule has 0 spiro atoms. The molecule has 1 aromatic carbocycles. The number of nitrogens with zero attached hydrogens (tertiary/aromatic N) is 6. The molecule has 0 atom stereocenters. The fourth-order valence-corrected chi connectivity index (χ4v) is 2.11. The quantitative estimate of drug-likeness (QED) is 0.362. The van der Waals surface area contributed by atoms with Crippen molar-refractivity contribution in [3.8, 4) is 6.07 Å². The van der Waals surface area contributed by atoms with E-state index in [1.165, 1.54) is 6.07 Å². The Balaban J connectivity index is 2.07. The highest BCUT2D eigenvalue weighted by atomic mass is 19.1. The number of azide groups is 1. The topological polar surface area (TPSA) is 79.0 Å². The van der Waals surface area contributed by atoms with E-state index in [2.05, 4.69) is 16.1 Å².